The number of hydrogen-bond acceptors (Lipinski definition) is 3. The summed E-state index contributed by atoms with van der Waals surface area (Å²) in [5.41, 5.74) is 5.72. The SMILES string of the molecule is CC(C)C1CCN(C(CN)CC(=O)NC(C)(C)C)CC1. The zero-order chi connectivity index (χ0) is 15.3. The number of amides is 1. The van der Waals surface area contributed by atoms with Gasteiger partial charge in [-0.2, -0.15) is 0 Å². The van der Waals surface area contributed by atoms with Crippen LogP contribution < -0.4 is 11.1 Å². The topological polar surface area (TPSA) is 58.4 Å². The van der Waals surface area contributed by atoms with Gasteiger partial charge in [0.25, 0.3) is 0 Å². The van der Waals surface area contributed by atoms with Crippen LogP contribution in [0.3, 0.4) is 0 Å². The lowest BCUT2D eigenvalue weighted by Gasteiger charge is -2.38. The molecule has 4 nitrogen and oxygen atoms in total. The summed E-state index contributed by atoms with van der Waals surface area (Å²) in [4.78, 5) is 14.5. The third kappa shape index (κ3) is 5.80. The second-order valence-electron chi connectivity index (χ2n) is 7.51. The van der Waals surface area contributed by atoms with Gasteiger partial charge in [-0.15, -0.1) is 0 Å². The molecule has 4 heteroatoms. The lowest BCUT2D eigenvalue weighted by Crippen LogP contribution is -2.49. The Balaban J connectivity index is 2.45. The van der Waals surface area contributed by atoms with Gasteiger partial charge in [0.1, 0.15) is 0 Å². The number of carbonyl (C=O) groups is 1. The van der Waals surface area contributed by atoms with Crippen LogP contribution in [-0.2, 0) is 4.79 Å². The molecule has 1 heterocycles. The molecular weight excluding hydrogens is 250 g/mol. The summed E-state index contributed by atoms with van der Waals surface area (Å²) in [6, 6.07) is 0.186. The maximum atomic E-state index is 12.0. The van der Waals surface area contributed by atoms with Crippen molar-refractivity contribution >= 4 is 5.91 Å². The van der Waals surface area contributed by atoms with Gasteiger partial charge in [-0.3, -0.25) is 9.69 Å². The summed E-state index contributed by atoms with van der Waals surface area (Å²) in [7, 11) is 0. The van der Waals surface area contributed by atoms with Crippen LogP contribution in [0.5, 0.6) is 0 Å². The maximum Gasteiger partial charge on any atom is 0.222 e. The number of carbonyl (C=O) groups excluding carboxylic acids is 1. The first-order chi connectivity index (χ1) is 9.23. The van der Waals surface area contributed by atoms with E-state index in [0.29, 0.717) is 13.0 Å². The monoisotopic (exact) mass is 283 g/mol. The van der Waals surface area contributed by atoms with E-state index in [2.05, 4.69) is 24.1 Å². The van der Waals surface area contributed by atoms with Crippen LogP contribution in [0.4, 0.5) is 0 Å². The van der Waals surface area contributed by atoms with Crippen molar-refractivity contribution in [2.75, 3.05) is 19.6 Å². The normalized spacial score (nSPS) is 20.1. The van der Waals surface area contributed by atoms with Gasteiger partial charge >= 0.3 is 0 Å². The standard InChI is InChI=1S/C16H33N3O/c1-12(2)13-6-8-19(9-7-13)14(11-17)10-15(20)18-16(3,4)5/h12-14H,6-11,17H2,1-5H3,(H,18,20). The van der Waals surface area contributed by atoms with Crippen LogP contribution >= 0.6 is 0 Å². The van der Waals surface area contributed by atoms with Gasteiger partial charge < -0.3 is 11.1 Å². The minimum atomic E-state index is -0.166. The first kappa shape index (κ1) is 17.4. The number of likely N-dealkylation sites (tertiary alicyclic amines) is 1. The van der Waals surface area contributed by atoms with Crippen molar-refractivity contribution in [2.24, 2.45) is 17.6 Å². The van der Waals surface area contributed by atoms with Gasteiger partial charge in [-0.05, 0) is 58.5 Å². The van der Waals surface area contributed by atoms with Gasteiger partial charge in [0.2, 0.25) is 5.91 Å². The van der Waals surface area contributed by atoms with Crippen molar-refractivity contribution in [3.05, 3.63) is 0 Å². The molecule has 1 aliphatic heterocycles. The summed E-state index contributed by atoms with van der Waals surface area (Å²) in [5, 5.41) is 3.03. The molecule has 1 atom stereocenters. The van der Waals surface area contributed by atoms with E-state index < -0.39 is 0 Å². The number of rotatable bonds is 5. The first-order valence-electron chi connectivity index (χ1n) is 7.98. The van der Waals surface area contributed by atoms with Gasteiger partial charge in [-0.1, -0.05) is 13.8 Å². The van der Waals surface area contributed by atoms with Crippen LogP contribution in [0, 0.1) is 11.8 Å². The van der Waals surface area contributed by atoms with Crippen molar-refractivity contribution < 1.29 is 4.79 Å². The fourth-order valence-electron chi connectivity index (χ4n) is 3.00. The number of piperidine rings is 1. The Morgan fingerprint density at radius 2 is 1.85 bits per heavy atom. The fraction of sp³-hybridized carbons (Fsp3) is 0.938. The molecule has 1 unspecified atom stereocenters. The highest BCUT2D eigenvalue weighted by atomic mass is 16.1. The summed E-state index contributed by atoms with van der Waals surface area (Å²) in [6.07, 6.45) is 2.98. The Hall–Kier alpha value is -0.610. The fourth-order valence-corrected chi connectivity index (χ4v) is 3.00. The molecule has 0 saturated carbocycles. The summed E-state index contributed by atoms with van der Waals surface area (Å²) in [5.74, 6) is 1.70. The van der Waals surface area contributed by atoms with Gasteiger partial charge in [0.15, 0.2) is 0 Å². The highest BCUT2D eigenvalue weighted by molar-refractivity contribution is 5.77. The van der Waals surface area contributed by atoms with Crippen LogP contribution in [0.15, 0.2) is 0 Å². The molecule has 0 spiro atoms. The average molecular weight is 283 g/mol. The maximum absolute atomic E-state index is 12.0. The summed E-state index contributed by atoms with van der Waals surface area (Å²) in [6.45, 7) is 13.4. The highest BCUT2D eigenvalue weighted by Crippen LogP contribution is 2.25. The second-order valence-corrected chi connectivity index (χ2v) is 7.51. The van der Waals surface area contributed by atoms with Crippen molar-refractivity contribution in [3.63, 3.8) is 0 Å². The molecule has 118 valence electrons. The van der Waals surface area contributed by atoms with E-state index in [1.54, 1.807) is 0 Å². The average Bonchev–Trinajstić information content (AvgIpc) is 2.34. The van der Waals surface area contributed by atoms with Crippen LogP contribution in [-0.4, -0.2) is 42.0 Å². The molecule has 3 N–H and O–H groups in total. The molecule has 0 aromatic heterocycles. The minimum Gasteiger partial charge on any atom is -0.351 e. The van der Waals surface area contributed by atoms with Crippen molar-refractivity contribution in [1.29, 1.82) is 0 Å². The van der Waals surface area contributed by atoms with Crippen LogP contribution in [0.1, 0.15) is 53.9 Å². The van der Waals surface area contributed by atoms with Gasteiger partial charge in [0, 0.05) is 24.5 Å². The predicted molar refractivity (Wildman–Crippen MR) is 84.5 cm³/mol. The molecule has 0 aromatic rings. The van der Waals surface area contributed by atoms with Gasteiger partial charge in [-0.25, -0.2) is 0 Å². The molecule has 0 bridgehead atoms. The largest absolute Gasteiger partial charge is 0.351 e. The molecule has 0 aromatic carbocycles. The number of nitrogens with one attached hydrogen (secondary N) is 1. The Labute approximate surface area is 124 Å². The van der Waals surface area contributed by atoms with E-state index in [4.69, 9.17) is 5.73 Å². The zero-order valence-corrected chi connectivity index (χ0v) is 13.9. The Morgan fingerprint density at radius 1 is 1.30 bits per heavy atom. The molecule has 1 aliphatic rings. The van der Waals surface area contributed by atoms with E-state index in [1.165, 1.54) is 12.8 Å². The summed E-state index contributed by atoms with van der Waals surface area (Å²) < 4.78 is 0. The second kappa shape index (κ2) is 7.41. The number of hydrogen-bond donors (Lipinski definition) is 2. The molecule has 0 radical (unpaired) electrons. The lowest BCUT2D eigenvalue weighted by atomic mass is 9.86. The highest BCUT2D eigenvalue weighted by Gasteiger charge is 2.27. The van der Waals surface area contributed by atoms with Crippen molar-refractivity contribution in [3.8, 4) is 0 Å². The van der Waals surface area contributed by atoms with E-state index in [-0.39, 0.29) is 17.5 Å². The van der Waals surface area contributed by atoms with E-state index in [0.717, 1.165) is 24.9 Å². The molecular formula is C16H33N3O. The summed E-state index contributed by atoms with van der Waals surface area (Å²) >= 11 is 0. The quantitative estimate of drug-likeness (QED) is 0.811. The molecule has 20 heavy (non-hydrogen) atoms. The Morgan fingerprint density at radius 3 is 2.25 bits per heavy atom. The zero-order valence-electron chi connectivity index (χ0n) is 13.9. The third-order valence-corrected chi connectivity index (χ3v) is 4.24. The molecule has 1 rings (SSSR count). The molecule has 0 aliphatic carbocycles. The van der Waals surface area contributed by atoms with Crippen molar-refractivity contribution in [2.45, 2.75) is 65.5 Å². The van der Waals surface area contributed by atoms with Crippen molar-refractivity contribution in [1.82, 2.24) is 10.2 Å². The third-order valence-electron chi connectivity index (χ3n) is 4.24. The smallest absolute Gasteiger partial charge is 0.222 e. The molecule has 1 fully saturated rings. The molecule has 1 amide bonds. The first-order valence-corrected chi connectivity index (χ1v) is 7.98. The van der Waals surface area contributed by atoms with E-state index in [1.807, 2.05) is 20.8 Å². The van der Waals surface area contributed by atoms with Gasteiger partial charge in [0.05, 0.1) is 0 Å². The minimum absolute atomic E-state index is 0.110. The van der Waals surface area contributed by atoms with Crippen LogP contribution in [0.25, 0.3) is 0 Å². The Kier molecular flexibility index (Phi) is 6.46. The Bertz CT molecular complexity index is 301. The van der Waals surface area contributed by atoms with E-state index >= 15 is 0 Å². The predicted octanol–water partition coefficient (Wildman–Crippen LogP) is 1.99. The van der Waals surface area contributed by atoms with Crippen LogP contribution in [0.2, 0.25) is 0 Å². The molecule has 1 saturated heterocycles. The number of nitrogens with zero attached hydrogens (tertiary/aromatic N) is 1. The van der Waals surface area contributed by atoms with E-state index in [9.17, 15) is 4.79 Å². The lowest BCUT2D eigenvalue weighted by molar-refractivity contribution is -0.123. The number of nitrogens with two attached hydrogens (primary N) is 1.